The van der Waals surface area contributed by atoms with Crippen molar-refractivity contribution in [1.29, 1.82) is 0 Å². The topological polar surface area (TPSA) is 21.3 Å². The summed E-state index contributed by atoms with van der Waals surface area (Å²) in [7, 11) is 0. The molecule has 112 valence electrons. The van der Waals surface area contributed by atoms with E-state index in [1.165, 1.54) is 12.1 Å². The predicted octanol–water partition coefficient (Wildman–Crippen LogP) is 4.28. The molecule has 1 saturated carbocycles. The van der Waals surface area contributed by atoms with Gasteiger partial charge in [-0.25, -0.2) is 0 Å². The van der Waals surface area contributed by atoms with Gasteiger partial charge in [0.05, 0.1) is 0 Å². The van der Waals surface area contributed by atoms with Crippen LogP contribution < -0.4 is 10.1 Å². The van der Waals surface area contributed by atoms with Gasteiger partial charge >= 0.3 is 6.36 Å². The van der Waals surface area contributed by atoms with Gasteiger partial charge in [0, 0.05) is 6.04 Å². The smallest absolute Gasteiger partial charge is 0.406 e. The molecule has 1 aliphatic carbocycles. The van der Waals surface area contributed by atoms with E-state index in [0.717, 1.165) is 18.5 Å². The molecule has 1 aromatic carbocycles. The van der Waals surface area contributed by atoms with Gasteiger partial charge in [0.1, 0.15) is 5.75 Å². The Morgan fingerprint density at radius 3 is 2.55 bits per heavy atom. The molecule has 0 aromatic heterocycles. The van der Waals surface area contributed by atoms with E-state index in [1.54, 1.807) is 6.07 Å². The van der Waals surface area contributed by atoms with Crippen molar-refractivity contribution in [1.82, 2.24) is 5.32 Å². The molecular weight excluding hydrogens is 267 g/mol. The second-order valence-electron chi connectivity index (χ2n) is 5.95. The van der Waals surface area contributed by atoms with E-state index in [2.05, 4.69) is 23.9 Å². The van der Waals surface area contributed by atoms with Gasteiger partial charge in [0.2, 0.25) is 0 Å². The average Bonchev–Trinajstić information content (AvgIpc) is 2.93. The fraction of sp³-hybridized carbons (Fsp3) is 0.600. The molecule has 1 aliphatic rings. The number of nitrogens with one attached hydrogen (secondary N) is 1. The Kier molecular flexibility index (Phi) is 4.00. The highest BCUT2D eigenvalue weighted by molar-refractivity contribution is 5.32. The second kappa shape index (κ2) is 5.28. The van der Waals surface area contributed by atoms with Gasteiger partial charge in [0.25, 0.3) is 0 Å². The Balaban J connectivity index is 2.19. The number of ether oxygens (including phenoxy) is 1. The molecule has 0 radical (unpaired) electrons. The standard InChI is InChI=1S/C15H20F3NO/c1-4-19-13(12-9-14(12,2)3)10-6-5-7-11(8-10)20-15(16,17)18/h5-8,12-13,19H,4,9H2,1-3H3. The van der Waals surface area contributed by atoms with Crippen LogP contribution in [0.3, 0.4) is 0 Å². The molecule has 5 heteroatoms. The van der Waals surface area contributed by atoms with Gasteiger partial charge in [0.15, 0.2) is 0 Å². The highest BCUT2D eigenvalue weighted by atomic mass is 19.4. The van der Waals surface area contributed by atoms with Crippen LogP contribution in [0.15, 0.2) is 24.3 Å². The fourth-order valence-corrected chi connectivity index (χ4v) is 2.69. The summed E-state index contributed by atoms with van der Waals surface area (Å²) in [4.78, 5) is 0. The van der Waals surface area contributed by atoms with E-state index in [9.17, 15) is 13.2 Å². The Morgan fingerprint density at radius 1 is 1.40 bits per heavy atom. The Hall–Kier alpha value is -1.23. The van der Waals surface area contributed by atoms with Crippen LogP contribution in [0, 0.1) is 11.3 Å². The van der Waals surface area contributed by atoms with Crippen molar-refractivity contribution in [3.63, 3.8) is 0 Å². The highest BCUT2D eigenvalue weighted by Crippen LogP contribution is 2.57. The molecule has 1 N–H and O–H groups in total. The molecule has 20 heavy (non-hydrogen) atoms. The van der Waals surface area contributed by atoms with Crippen LogP contribution in [0.5, 0.6) is 5.75 Å². The normalized spacial score (nSPS) is 22.4. The van der Waals surface area contributed by atoms with E-state index >= 15 is 0 Å². The van der Waals surface area contributed by atoms with Gasteiger partial charge in [-0.1, -0.05) is 32.9 Å². The van der Waals surface area contributed by atoms with Crippen LogP contribution >= 0.6 is 0 Å². The molecule has 2 nitrogen and oxygen atoms in total. The maximum absolute atomic E-state index is 12.3. The molecule has 2 unspecified atom stereocenters. The monoisotopic (exact) mass is 287 g/mol. The van der Waals surface area contributed by atoms with E-state index in [-0.39, 0.29) is 17.2 Å². The minimum atomic E-state index is -4.65. The SMILES string of the molecule is CCNC(c1cccc(OC(F)(F)F)c1)C1CC1(C)C. The number of rotatable bonds is 5. The molecule has 0 spiro atoms. The van der Waals surface area contributed by atoms with E-state index in [1.807, 2.05) is 13.0 Å². The molecule has 2 atom stereocenters. The first-order valence-electron chi connectivity index (χ1n) is 6.82. The Labute approximate surface area is 117 Å². The molecule has 1 aromatic rings. The highest BCUT2D eigenvalue weighted by Gasteiger charge is 2.50. The van der Waals surface area contributed by atoms with Crippen molar-refractivity contribution in [2.75, 3.05) is 6.54 Å². The zero-order valence-electron chi connectivity index (χ0n) is 11.9. The lowest BCUT2D eigenvalue weighted by atomic mass is 9.97. The Morgan fingerprint density at radius 2 is 2.05 bits per heavy atom. The number of hydrogen-bond donors (Lipinski definition) is 1. The molecule has 0 amide bonds. The zero-order valence-corrected chi connectivity index (χ0v) is 11.9. The minimum absolute atomic E-state index is 0.0757. The van der Waals surface area contributed by atoms with Gasteiger partial charge in [-0.3, -0.25) is 0 Å². The zero-order chi connectivity index (χ0) is 15.0. The Bertz CT molecular complexity index is 470. The van der Waals surface area contributed by atoms with E-state index in [4.69, 9.17) is 0 Å². The van der Waals surface area contributed by atoms with Gasteiger partial charge in [-0.2, -0.15) is 0 Å². The summed E-state index contributed by atoms with van der Waals surface area (Å²) in [5.74, 6) is 0.292. The average molecular weight is 287 g/mol. The number of halogens is 3. The molecule has 0 saturated heterocycles. The summed E-state index contributed by atoms with van der Waals surface area (Å²) >= 11 is 0. The van der Waals surface area contributed by atoms with Crippen LogP contribution in [-0.2, 0) is 0 Å². The van der Waals surface area contributed by atoms with Crippen molar-refractivity contribution < 1.29 is 17.9 Å². The summed E-state index contributed by atoms with van der Waals surface area (Å²) in [6, 6.07) is 6.35. The maximum Gasteiger partial charge on any atom is 0.573 e. The first-order chi connectivity index (χ1) is 9.23. The van der Waals surface area contributed by atoms with Crippen molar-refractivity contribution in [2.45, 2.75) is 39.6 Å². The van der Waals surface area contributed by atoms with Gasteiger partial charge in [-0.05, 0) is 42.0 Å². The molecular formula is C15H20F3NO. The molecule has 0 aliphatic heterocycles. The molecule has 1 fully saturated rings. The lowest BCUT2D eigenvalue weighted by Gasteiger charge is -2.21. The third-order valence-electron chi connectivity index (χ3n) is 3.87. The maximum atomic E-state index is 12.3. The quantitative estimate of drug-likeness (QED) is 0.872. The summed E-state index contributed by atoms with van der Waals surface area (Å²) < 4.78 is 40.8. The summed E-state index contributed by atoms with van der Waals surface area (Å²) in [6.07, 6.45) is -3.57. The predicted molar refractivity (Wildman–Crippen MR) is 71.4 cm³/mol. The van der Waals surface area contributed by atoms with Crippen molar-refractivity contribution in [3.8, 4) is 5.75 Å². The lowest BCUT2D eigenvalue weighted by Crippen LogP contribution is -2.24. The third-order valence-corrected chi connectivity index (χ3v) is 3.87. The van der Waals surface area contributed by atoms with Gasteiger partial charge < -0.3 is 10.1 Å². The van der Waals surface area contributed by atoms with Crippen LogP contribution in [0.1, 0.15) is 38.8 Å². The summed E-state index contributed by atoms with van der Waals surface area (Å²) in [5, 5.41) is 3.37. The molecule has 0 heterocycles. The van der Waals surface area contributed by atoms with Crippen molar-refractivity contribution >= 4 is 0 Å². The largest absolute Gasteiger partial charge is 0.573 e. The molecule has 0 bridgehead atoms. The number of benzene rings is 1. The lowest BCUT2D eigenvalue weighted by molar-refractivity contribution is -0.274. The summed E-state index contributed by atoms with van der Waals surface area (Å²) in [5.41, 5.74) is 1.09. The summed E-state index contributed by atoms with van der Waals surface area (Å²) in [6.45, 7) is 7.14. The van der Waals surface area contributed by atoms with E-state index < -0.39 is 6.36 Å². The van der Waals surface area contributed by atoms with Crippen molar-refractivity contribution in [2.24, 2.45) is 11.3 Å². The minimum Gasteiger partial charge on any atom is -0.406 e. The van der Waals surface area contributed by atoms with E-state index in [0.29, 0.717) is 5.92 Å². The first-order valence-corrected chi connectivity index (χ1v) is 6.82. The fourth-order valence-electron chi connectivity index (χ4n) is 2.69. The van der Waals surface area contributed by atoms with Gasteiger partial charge in [-0.15, -0.1) is 13.2 Å². The second-order valence-corrected chi connectivity index (χ2v) is 5.95. The first kappa shape index (κ1) is 15.2. The number of alkyl halides is 3. The number of hydrogen-bond acceptors (Lipinski definition) is 2. The van der Waals surface area contributed by atoms with Crippen LogP contribution in [0.25, 0.3) is 0 Å². The molecule has 2 rings (SSSR count). The third kappa shape index (κ3) is 3.66. The van der Waals surface area contributed by atoms with Crippen molar-refractivity contribution in [3.05, 3.63) is 29.8 Å². The van der Waals surface area contributed by atoms with Crippen LogP contribution in [0.4, 0.5) is 13.2 Å². The van der Waals surface area contributed by atoms with Crippen LogP contribution in [-0.4, -0.2) is 12.9 Å². The van der Waals surface area contributed by atoms with Crippen LogP contribution in [0.2, 0.25) is 0 Å².